The summed E-state index contributed by atoms with van der Waals surface area (Å²) in [7, 11) is 3.84. The zero-order chi connectivity index (χ0) is 14.0. The van der Waals surface area contributed by atoms with Crippen LogP contribution in [0.2, 0.25) is 0 Å². The van der Waals surface area contributed by atoms with E-state index in [2.05, 4.69) is 32.4 Å². The highest BCUT2D eigenvalue weighted by atomic mass is 79.9. The van der Waals surface area contributed by atoms with Gasteiger partial charge in [-0.1, -0.05) is 22.0 Å². The highest BCUT2D eigenvalue weighted by Crippen LogP contribution is 2.32. The zero-order valence-corrected chi connectivity index (χ0v) is 13.2. The van der Waals surface area contributed by atoms with Crippen LogP contribution in [0.4, 0.5) is 0 Å². The normalized spacial score (nSPS) is 10.8. The topological polar surface area (TPSA) is 39.1 Å². The van der Waals surface area contributed by atoms with Crippen molar-refractivity contribution in [2.75, 3.05) is 7.05 Å². The van der Waals surface area contributed by atoms with E-state index in [4.69, 9.17) is 4.74 Å². The first-order valence-corrected chi connectivity index (χ1v) is 6.93. The Morgan fingerprint density at radius 3 is 2.68 bits per heavy atom. The molecule has 5 heteroatoms. The van der Waals surface area contributed by atoms with Crippen LogP contribution in [0.3, 0.4) is 0 Å². The monoisotopic (exact) mass is 323 g/mol. The smallest absolute Gasteiger partial charge is 0.171 e. The van der Waals surface area contributed by atoms with Crippen molar-refractivity contribution in [1.29, 1.82) is 0 Å². The summed E-state index contributed by atoms with van der Waals surface area (Å²) >= 11 is 3.48. The highest BCUT2D eigenvalue weighted by molar-refractivity contribution is 9.10. The summed E-state index contributed by atoms with van der Waals surface area (Å²) in [6, 6.07) is 6.05. The van der Waals surface area contributed by atoms with Crippen LogP contribution in [0.5, 0.6) is 11.5 Å². The standard InChI is InChI=1S/C14H18BrN3O/c1-9-14(10(2)18(4)17-9)19-13-7-12(15)6-5-11(13)8-16-3/h5-7,16H,8H2,1-4H3. The Morgan fingerprint density at radius 1 is 1.37 bits per heavy atom. The molecule has 0 fully saturated rings. The van der Waals surface area contributed by atoms with Crippen molar-refractivity contribution in [3.8, 4) is 11.5 Å². The first-order chi connectivity index (χ1) is 9.02. The maximum absolute atomic E-state index is 6.07. The number of halogens is 1. The molecule has 0 unspecified atom stereocenters. The third-order valence-electron chi connectivity index (χ3n) is 3.05. The van der Waals surface area contributed by atoms with E-state index >= 15 is 0 Å². The molecule has 102 valence electrons. The third-order valence-corrected chi connectivity index (χ3v) is 3.54. The van der Waals surface area contributed by atoms with Crippen molar-refractivity contribution in [2.45, 2.75) is 20.4 Å². The number of nitrogens with one attached hydrogen (secondary N) is 1. The predicted octanol–water partition coefficient (Wildman–Crippen LogP) is 3.31. The number of aromatic nitrogens is 2. The molecular formula is C14H18BrN3O. The van der Waals surface area contributed by atoms with Gasteiger partial charge in [0.25, 0.3) is 0 Å². The molecule has 2 aromatic rings. The number of aryl methyl sites for hydroxylation is 2. The Bertz CT molecular complexity index is 593. The van der Waals surface area contributed by atoms with E-state index < -0.39 is 0 Å². The second-order valence-corrected chi connectivity index (χ2v) is 5.42. The SMILES string of the molecule is CNCc1ccc(Br)cc1Oc1c(C)nn(C)c1C. The molecule has 0 aliphatic heterocycles. The molecule has 1 N–H and O–H groups in total. The molecule has 1 heterocycles. The van der Waals surface area contributed by atoms with E-state index in [9.17, 15) is 0 Å². The lowest BCUT2D eigenvalue weighted by Crippen LogP contribution is -2.06. The van der Waals surface area contributed by atoms with Gasteiger partial charge in [-0.05, 0) is 33.0 Å². The van der Waals surface area contributed by atoms with Crippen LogP contribution < -0.4 is 10.1 Å². The van der Waals surface area contributed by atoms with Crippen LogP contribution in [0, 0.1) is 13.8 Å². The van der Waals surface area contributed by atoms with E-state index in [-0.39, 0.29) is 0 Å². The fourth-order valence-corrected chi connectivity index (χ4v) is 2.31. The molecule has 0 radical (unpaired) electrons. The maximum Gasteiger partial charge on any atom is 0.171 e. The van der Waals surface area contributed by atoms with Gasteiger partial charge in [0.15, 0.2) is 5.75 Å². The Labute approximate surface area is 121 Å². The molecule has 0 spiro atoms. The summed E-state index contributed by atoms with van der Waals surface area (Å²) in [4.78, 5) is 0. The first-order valence-electron chi connectivity index (χ1n) is 6.14. The van der Waals surface area contributed by atoms with Gasteiger partial charge in [0.1, 0.15) is 11.4 Å². The van der Waals surface area contributed by atoms with Gasteiger partial charge in [-0.15, -0.1) is 0 Å². The van der Waals surface area contributed by atoms with Crippen LogP contribution in [0.15, 0.2) is 22.7 Å². The maximum atomic E-state index is 6.07. The van der Waals surface area contributed by atoms with Gasteiger partial charge in [-0.25, -0.2) is 0 Å². The second kappa shape index (κ2) is 5.75. The van der Waals surface area contributed by atoms with Gasteiger partial charge in [-0.3, -0.25) is 4.68 Å². The van der Waals surface area contributed by atoms with E-state index in [1.165, 1.54) is 0 Å². The van der Waals surface area contributed by atoms with Gasteiger partial charge in [0, 0.05) is 23.6 Å². The van der Waals surface area contributed by atoms with Gasteiger partial charge in [-0.2, -0.15) is 5.10 Å². The molecule has 1 aromatic carbocycles. The average Bonchev–Trinajstić information content (AvgIpc) is 2.59. The van der Waals surface area contributed by atoms with E-state index in [1.807, 2.05) is 44.8 Å². The van der Waals surface area contributed by atoms with Gasteiger partial charge in [0.05, 0.1) is 5.69 Å². The average molecular weight is 324 g/mol. The van der Waals surface area contributed by atoms with Crippen molar-refractivity contribution >= 4 is 15.9 Å². The van der Waals surface area contributed by atoms with Crippen LogP contribution in [-0.4, -0.2) is 16.8 Å². The third kappa shape index (κ3) is 2.98. The first kappa shape index (κ1) is 14.1. The number of ether oxygens (including phenoxy) is 1. The molecule has 0 bridgehead atoms. The summed E-state index contributed by atoms with van der Waals surface area (Å²) in [5.74, 6) is 1.68. The molecule has 2 rings (SSSR count). The minimum Gasteiger partial charge on any atom is -0.453 e. The summed E-state index contributed by atoms with van der Waals surface area (Å²) in [6.07, 6.45) is 0. The van der Waals surface area contributed by atoms with Crippen molar-refractivity contribution in [2.24, 2.45) is 7.05 Å². The summed E-state index contributed by atoms with van der Waals surface area (Å²) in [5.41, 5.74) is 3.04. The molecule has 19 heavy (non-hydrogen) atoms. The number of hydrogen-bond acceptors (Lipinski definition) is 3. The molecule has 4 nitrogen and oxygen atoms in total. The largest absolute Gasteiger partial charge is 0.453 e. The fourth-order valence-electron chi connectivity index (χ4n) is 1.97. The van der Waals surface area contributed by atoms with Crippen LogP contribution in [0.25, 0.3) is 0 Å². The Hall–Kier alpha value is -1.33. The minimum absolute atomic E-state index is 0.765. The van der Waals surface area contributed by atoms with E-state index in [1.54, 1.807) is 0 Å². The van der Waals surface area contributed by atoms with Crippen molar-refractivity contribution in [3.05, 3.63) is 39.6 Å². The molecule has 0 saturated carbocycles. The summed E-state index contributed by atoms with van der Waals surface area (Å²) < 4.78 is 8.91. The lowest BCUT2D eigenvalue weighted by molar-refractivity contribution is 0.466. The molecule has 0 aliphatic carbocycles. The lowest BCUT2D eigenvalue weighted by atomic mass is 10.2. The van der Waals surface area contributed by atoms with Crippen LogP contribution in [0.1, 0.15) is 17.0 Å². The molecule has 0 atom stereocenters. The number of hydrogen-bond donors (Lipinski definition) is 1. The lowest BCUT2D eigenvalue weighted by Gasteiger charge is -2.12. The van der Waals surface area contributed by atoms with Crippen molar-refractivity contribution in [3.63, 3.8) is 0 Å². The van der Waals surface area contributed by atoms with E-state index in [0.29, 0.717) is 0 Å². The Morgan fingerprint density at radius 2 is 2.11 bits per heavy atom. The molecule has 0 amide bonds. The van der Waals surface area contributed by atoms with Gasteiger partial charge < -0.3 is 10.1 Å². The number of nitrogens with zero attached hydrogens (tertiary/aromatic N) is 2. The molecule has 0 saturated heterocycles. The van der Waals surface area contributed by atoms with Gasteiger partial charge >= 0.3 is 0 Å². The Kier molecular flexibility index (Phi) is 4.27. The van der Waals surface area contributed by atoms with Crippen LogP contribution in [-0.2, 0) is 13.6 Å². The highest BCUT2D eigenvalue weighted by Gasteiger charge is 2.13. The number of benzene rings is 1. The van der Waals surface area contributed by atoms with Gasteiger partial charge in [0.2, 0.25) is 0 Å². The van der Waals surface area contributed by atoms with Crippen LogP contribution >= 0.6 is 15.9 Å². The minimum atomic E-state index is 0.765. The molecule has 1 aromatic heterocycles. The molecular weight excluding hydrogens is 306 g/mol. The summed E-state index contributed by atoms with van der Waals surface area (Å²) in [5, 5.41) is 7.52. The predicted molar refractivity (Wildman–Crippen MR) is 79.7 cm³/mol. The Balaban J connectivity index is 2.39. The number of rotatable bonds is 4. The quantitative estimate of drug-likeness (QED) is 0.938. The summed E-state index contributed by atoms with van der Waals surface area (Å²) in [6.45, 7) is 4.73. The van der Waals surface area contributed by atoms with E-state index in [0.717, 1.165) is 39.5 Å². The zero-order valence-electron chi connectivity index (χ0n) is 11.6. The molecule has 0 aliphatic rings. The van der Waals surface area contributed by atoms with Crippen molar-refractivity contribution < 1.29 is 4.74 Å². The second-order valence-electron chi connectivity index (χ2n) is 4.51. The van der Waals surface area contributed by atoms with Crippen molar-refractivity contribution in [1.82, 2.24) is 15.1 Å². The fraction of sp³-hybridized carbons (Fsp3) is 0.357.